The first kappa shape index (κ1) is 15.5. The summed E-state index contributed by atoms with van der Waals surface area (Å²) in [5.41, 5.74) is 5.69. The first-order valence-corrected chi connectivity index (χ1v) is 8.64. The molecule has 0 spiro atoms. The van der Waals surface area contributed by atoms with Crippen LogP contribution in [0.5, 0.6) is 0 Å². The molecular formula is C11H11Cl2N3O2S2. The Hall–Kier alpha value is -0.860. The highest BCUT2D eigenvalue weighted by molar-refractivity contribution is 7.89. The molecule has 0 unspecified atom stereocenters. The summed E-state index contributed by atoms with van der Waals surface area (Å²) < 4.78 is 26.8. The van der Waals surface area contributed by atoms with Gasteiger partial charge in [-0.25, -0.2) is 18.1 Å². The Balaban J connectivity index is 2.14. The number of thiazole rings is 1. The maximum atomic E-state index is 12.2. The Kier molecular flexibility index (Phi) is 4.87. The third-order valence-electron chi connectivity index (χ3n) is 2.42. The van der Waals surface area contributed by atoms with Gasteiger partial charge >= 0.3 is 0 Å². The van der Waals surface area contributed by atoms with Crippen molar-refractivity contribution in [1.82, 2.24) is 9.71 Å². The summed E-state index contributed by atoms with van der Waals surface area (Å²) in [6.07, 6.45) is 2.17. The SMILES string of the molecule is Nc1cc(Cl)cc(Cl)c1S(=O)(=O)NCCc1nccs1. The van der Waals surface area contributed by atoms with Gasteiger partial charge in [0, 0.05) is 29.6 Å². The molecule has 0 amide bonds. The van der Waals surface area contributed by atoms with E-state index in [2.05, 4.69) is 9.71 Å². The van der Waals surface area contributed by atoms with Gasteiger partial charge in [0.2, 0.25) is 10.0 Å². The zero-order valence-corrected chi connectivity index (χ0v) is 13.3. The topological polar surface area (TPSA) is 85.1 Å². The van der Waals surface area contributed by atoms with Crippen molar-refractivity contribution in [3.05, 3.63) is 38.8 Å². The fraction of sp³-hybridized carbons (Fsp3) is 0.182. The third-order valence-corrected chi connectivity index (χ3v) is 5.47. The molecule has 108 valence electrons. The van der Waals surface area contributed by atoms with E-state index in [-0.39, 0.29) is 27.2 Å². The number of rotatable bonds is 5. The Morgan fingerprint density at radius 2 is 2.10 bits per heavy atom. The first-order valence-electron chi connectivity index (χ1n) is 5.52. The lowest BCUT2D eigenvalue weighted by Crippen LogP contribution is -2.27. The Bertz CT molecular complexity index is 679. The van der Waals surface area contributed by atoms with E-state index in [0.717, 1.165) is 5.01 Å². The molecule has 1 aromatic carbocycles. The largest absolute Gasteiger partial charge is 0.398 e. The lowest BCUT2D eigenvalue weighted by molar-refractivity contribution is 0.582. The van der Waals surface area contributed by atoms with Crippen molar-refractivity contribution in [2.45, 2.75) is 11.3 Å². The molecule has 1 aromatic heterocycles. The van der Waals surface area contributed by atoms with Crippen LogP contribution in [0.15, 0.2) is 28.6 Å². The molecule has 20 heavy (non-hydrogen) atoms. The van der Waals surface area contributed by atoms with Gasteiger partial charge in [-0.1, -0.05) is 23.2 Å². The Morgan fingerprint density at radius 3 is 2.70 bits per heavy atom. The Morgan fingerprint density at radius 1 is 1.35 bits per heavy atom. The fourth-order valence-electron chi connectivity index (χ4n) is 1.60. The predicted molar refractivity (Wildman–Crippen MR) is 81.9 cm³/mol. The molecule has 0 radical (unpaired) electrons. The number of nitrogens with two attached hydrogens (primary N) is 1. The van der Waals surface area contributed by atoms with Crippen LogP contribution in [0.4, 0.5) is 5.69 Å². The van der Waals surface area contributed by atoms with E-state index < -0.39 is 10.0 Å². The number of nitrogens with one attached hydrogen (secondary N) is 1. The lowest BCUT2D eigenvalue weighted by Gasteiger charge is -2.10. The summed E-state index contributed by atoms with van der Waals surface area (Å²) in [5.74, 6) is 0. The van der Waals surface area contributed by atoms with Crippen molar-refractivity contribution >= 4 is 50.2 Å². The predicted octanol–water partition coefficient (Wildman–Crippen LogP) is 2.55. The molecule has 3 N–H and O–H groups in total. The summed E-state index contributed by atoms with van der Waals surface area (Å²) >= 11 is 13.1. The minimum Gasteiger partial charge on any atom is -0.398 e. The molecule has 0 saturated carbocycles. The number of nitrogen functional groups attached to an aromatic ring is 1. The van der Waals surface area contributed by atoms with Gasteiger partial charge in [0.05, 0.1) is 15.7 Å². The minimum atomic E-state index is -3.78. The van der Waals surface area contributed by atoms with Crippen LogP contribution >= 0.6 is 34.5 Å². The van der Waals surface area contributed by atoms with E-state index in [1.807, 2.05) is 5.38 Å². The van der Waals surface area contributed by atoms with Crippen LogP contribution in [0, 0.1) is 0 Å². The van der Waals surface area contributed by atoms with Crippen LogP contribution in [0.25, 0.3) is 0 Å². The van der Waals surface area contributed by atoms with Crippen molar-refractivity contribution in [3.8, 4) is 0 Å². The van der Waals surface area contributed by atoms with Gasteiger partial charge in [0.15, 0.2) is 0 Å². The first-order chi connectivity index (χ1) is 9.40. The van der Waals surface area contributed by atoms with Gasteiger partial charge < -0.3 is 5.73 Å². The molecular weight excluding hydrogens is 341 g/mol. The number of hydrogen-bond acceptors (Lipinski definition) is 5. The molecule has 0 saturated heterocycles. The molecule has 0 fully saturated rings. The van der Waals surface area contributed by atoms with Gasteiger partial charge in [-0.3, -0.25) is 0 Å². The summed E-state index contributed by atoms with van der Waals surface area (Å²) in [4.78, 5) is 3.92. The molecule has 0 bridgehead atoms. The quantitative estimate of drug-likeness (QED) is 0.810. The molecule has 2 rings (SSSR count). The average molecular weight is 352 g/mol. The normalized spacial score (nSPS) is 11.7. The Labute approximate surface area is 130 Å². The zero-order valence-electron chi connectivity index (χ0n) is 10.1. The third kappa shape index (κ3) is 3.62. The number of anilines is 1. The molecule has 9 heteroatoms. The number of aromatic nitrogens is 1. The maximum Gasteiger partial charge on any atom is 0.244 e. The number of hydrogen-bond donors (Lipinski definition) is 2. The molecule has 0 atom stereocenters. The highest BCUT2D eigenvalue weighted by Gasteiger charge is 2.21. The van der Waals surface area contributed by atoms with Crippen LogP contribution in [0.3, 0.4) is 0 Å². The highest BCUT2D eigenvalue weighted by Crippen LogP contribution is 2.30. The van der Waals surface area contributed by atoms with Gasteiger partial charge in [-0.2, -0.15) is 0 Å². The van der Waals surface area contributed by atoms with E-state index >= 15 is 0 Å². The second-order valence-electron chi connectivity index (χ2n) is 3.88. The summed E-state index contributed by atoms with van der Waals surface area (Å²) in [7, 11) is -3.78. The van der Waals surface area contributed by atoms with Gasteiger partial charge in [0.1, 0.15) is 4.90 Å². The molecule has 1 heterocycles. The average Bonchev–Trinajstić information content (AvgIpc) is 2.79. The van der Waals surface area contributed by atoms with E-state index in [1.165, 1.54) is 23.5 Å². The number of nitrogens with zero attached hydrogens (tertiary/aromatic N) is 1. The van der Waals surface area contributed by atoms with E-state index in [4.69, 9.17) is 28.9 Å². The van der Waals surface area contributed by atoms with E-state index in [9.17, 15) is 8.42 Å². The van der Waals surface area contributed by atoms with Crippen molar-refractivity contribution in [3.63, 3.8) is 0 Å². The molecule has 0 aliphatic carbocycles. The van der Waals surface area contributed by atoms with Crippen molar-refractivity contribution < 1.29 is 8.42 Å². The van der Waals surface area contributed by atoms with Crippen molar-refractivity contribution in [2.24, 2.45) is 0 Å². The monoisotopic (exact) mass is 351 g/mol. The van der Waals surface area contributed by atoms with Gasteiger partial charge in [-0.15, -0.1) is 11.3 Å². The number of benzene rings is 1. The van der Waals surface area contributed by atoms with E-state index in [1.54, 1.807) is 6.20 Å². The lowest BCUT2D eigenvalue weighted by atomic mass is 10.3. The number of halogens is 2. The van der Waals surface area contributed by atoms with Gasteiger partial charge in [-0.05, 0) is 12.1 Å². The molecule has 0 aliphatic rings. The summed E-state index contributed by atoms with van der Waals surface area (Å²) in [5, 5.41) is 2.96. The molecule has 5 nitrogen and oxygen atoms in total. The second-order valence-corrected chi connectivity index (χ2v) is 7.41. The smallest absolute Gasteiger partial charge is 0.244 e. The van der Waals surface area contributed by atoms with Crippen molar-refractivity contribution in [2.75, 3.05) is 12.3 Å². The minimum absolute atomic E-state index is 0.00301. The van der Waals surface area contributed by atoms with Crippen LogP contribution in [0.1, 0.15) is 5.01 Å². The maximum absolute atomic E-state index is 12.2. The highest BCUT2D eigenvalue weighted by atomic mass is 35.5. The van der Waals surface area contributed by atoms with Crippen LogP contribution in [-0.2, 0) is 16.4 Å². The van der Waals surface area contributed by atoms with Gasteiger partial charge in [0.25, 0.3) is 0 Å². The zero-order chi connectivity index (χ0) is 14.8. The van der Waals surface area contributed by atoms with Crippen LogP contribution in [0.2, 0.25) is 10.0 Å². The second kappa shape index (κ2) is 6.28. The summed E-state index contributed by atoms with van der Waals surface area (Å²) in [6.45, 7) is 0.217. The standard InChI is InChI=1S/C11H11Cl2N3O2S2/c12-7-5-8(13)11(9(14)6-7)20(17,18)16-2-1-10-15-3-4-19-10/h3-6,16H,1-2,14H2. The molecule has 0 aliphatic heterocycles. The fourth-order valence-corrected chi connectivity index (χ4v) is 4.24. The van der Waals surface area contributed by atoms with Crippen LogP contribution < -0.4 is 10.5 Å². The molecule has 2 aromatic rings. The van der Waals surface area contributed by atoms with Crippen LogP contribution in [-0.4, -0.2) is 19.9 Å². The number of sulfonamides is 1. The summed E-state index contributed by atoms with van der Waals surface area (Å²) in [6, 6.07) is 2.69. The van der Waals surface area contributed by atoms with E-state index in [0.29, 0.717) is 6.42 Å². The van der Waals surface area contributed by atoms with Crippen molar-refractivity contribution in [1.29, 1.82) is 0 Å².